The van der Waals surface area contributed by atoms with Crippen LogP contribution >= 0.6 is 0 Å². The van der Waals surface area contributed by atoms with Gasteiger partial charge in [-0.1, -0.05) is 0 Å². The van der Waals surface area contributed by atoms with Gasteiger partial charge in [0.1, 0.15) is 6.10 Å². The molecule has 0 bridgehead atoms. The smallest absolute Gasteiger partial charge is 0.247 e. The van der Waals surface area contributed by atoms with Crippen molar-refractivity contribution in [1.29, 1.82) is 0 Å². The van der Waals surface area contributed by atoms with Crippen molar-refractivity contribution >= 4 is 5.91 Å². The Balaban J connectivity index is 2.71. The van der Waals surface area contributed by atoms with Gasteiger partial charge in [-0.15, -0.1) is 0 Å². The SMILES string of the molecule is COc1cc(CNCC(O)C(N)=O)cc(OC)c1O. The minimum absolute atomic E-state index is 0.0425. The van der Waals surface area contributed by atoms with Crippen LogP contribution in [-0.2, 0) is 11.3 Å². The van der Waals surface area contributed by atoms with Crippen LogP contribution in [0.3, 0.4) is 0 Å². The van der Waals surface area contributed by atoms with Crippen molar-refractivity contribution < 1.29 is 24.5 Å². The molecule has 7 heteroatoms. The Morgan fingerprint density at radius 2 is 1.89 bits per heavy atom. The van der Waals surface area contributed by atoms with Gasteiger partial charge in [0, 0.05) is 13.1 Å². The molecule has 0 saturated heterocycles. The predicted molar refractivity (Wildman–Crippen MR) is 68.1 cm³/mol. The number of nitrogens with one attached hydrogen (secondary N) is 1. The monoisotopic (exact) mass is 270 g/mol. The molecule has 0 saturated carbocycles. The number of nitrogens with two attached hydrogens (primary N) is 1. The molecular formula is C12H18N2O5. The zero-order chi connectivity index (χ0) is 14.4. The van der Waals surface area contributed by atoms with Crippen molar-refractivity contribution in [3.8, 4) is 17.2 Å². The van der Waals surface area contributed by atoms with E-state index < -0.39 is 12.0 Å². The number of primary amides is 1. The molecule has 0 radical (unpaired) electrons. The second-order valence-electron chi connectivity index (χ2n) is 3.90. The van der Waals surface area contributed by atoms with Gasteiger partial charge in [-0.25, -0.2) is 0 Å². The van der Waals surface area contributed by atoms with Crippen LogP contribution in [0.2, 0.25) is 0 Å². The lowest BCUT2D eigenvalue weighted by atomic mass is 10.1. The molecule has 19 heavy (non-hydrogen) atoms. The predicted octanol–water partition coefficient (Wildman–Crippen LogP) is -0.655. The molecule has 0 aliphatic heterocycles. The minimum atomic E-state index is -1.24. The van der Waals surface area contributed by atoms with Gasteiger partial charge in [-0.2, -0.15) is 0 Å². The maximum Gasteiger partial charge on any atom is 0.247 e. The number of carbonyl (C=O) groups excluding carboxylic acids is 1. The lowest BCUT2D eigenvalue weighted by Crippen LogP contribution is -2.37. The summed E-state index contributed by atoms with van der Waals surface area (Å²) in [5.74, 6) is -0.294. The van der Waals surface area contributed by atoms with E-state index in [0.717, 1.165) is 5.56 Å². The van der Waals surface area contributed by atoms with Crippen molar-refractivity contribution in [2.75, 3.05) is 20.8 Å². The number of phenols is 1. The fourth-order valence-electron chi connectivity index (χ4n) is 1.50. The third-order valence-corrected chi connectivity index (χ3v) is 2.53. The molecule has 1 aromatic carbocycles. The topological polar surface area (TPSA) is 114 Å². The third kappa shape index (κ3) is 4.01. The summed E-state index contributed by atoms with van der Waals surface area (Å²) in [6, 6.07) is 3.25. The van der Waals surface area contributed by atoms with E-state index in [1.165, 1.54) is 14.2 Å². The molecule has 0 aliphatic carbocycles. The normalized spacial score (nSPS) is 11.9. The average Bonchev–Trinajstić information content (AvgIpc) is 2.39. The molecule has 1 unspecified atom stereocenters. The van der Waals surface area contributed by atoms with Crippen LogP contribution in [0, 0.1) is 0 Å². The highest BCUT2D eigenvalue weighted by Crippen LogP contribution is 2.36. The number of aliphatic hydroxyl groups excluding tert-OH is 1. The molecular weight excluding hydrogens is 252 g/mol. The molecule has 1 aromatic rings. The Morgan fingerprint density at radius 3 is 2.32 bits per heavy atom. The number of hydrogen-bond donors (Lipinski definition) is 4. The molecule has 0 aromatic heterocycles. The first-order chi connectivity index (χ1) is 8.99. The number of ether oxygens (including phenoxy) is 2. The van der Waals surface area contributed by atoms with Crippen LogP contribution in [-0.4, -0.2) is 43.0 Å². The highest BCUT2D eigenvalue weighted by molar-refractivity contribution is 5.78. The summed E-state index contributed by atoms with van der Waals surface area (Å²) in [4.78, 5) is 10.6. The maximum atomic E-state index is 10.6. The van der Waals surface area contributed by atoms with Gasteiger partial charge in [-0.3, -0.25) is 4.79 Å². The van der Waals surface area contributed by atoms with Gasteiger partial charge < -0.3 is 30.7 Å². The minimum Gasteiger partial charge on any atom is -0.502 e. The summed E-state index contributed by atoms with van der Waals surface area (Å²) in [7, 11) is 2.87. The molecule has 7 nitrogen and oxygen atoms in total. The molecule has 1 atom stereocenters. The van der Waals surface area contributed by atoms with Crippen LogP contribution in [0.1, 0.15) is 5.56 Å². The summed E-state index contributed by atoms with van der Waals surface area (Å²) in [6.07, 6.45) is -1.24. The van der Waals surface area contributed by atoms with Gasteiger partial charge in [0.05, 0.1) is 14.2 Å². The maximum absolute atomic E-state index is 10.6. The number of rotatable bonds is 7. The summed E-state index contributed by atoms with van der Waals surface area (Å²) in [5.41, 5.74) is 5.69. The van der Waals surface area contributed by atoms with E-state index in [4.69, 9.17) is 15.2 Å². The third-order valence-electron chi connectivity index (χ3n) is 2.53. The Bertz CT molecular complexity index is 425. The number of aliphatic hydroxyl groups is 1. The number of aromatic hydroxyl groups is 1. The van der Waals surface area contributed by atoms with Crippen molar-refractivity contribution in [1.82, 2.24) is 5.32 Å². The van der Waals surface area contributed by atoms with E-state index in [0.29, 0.717) is 6.54 Å². The van der Waals surface area contributed by atoms with Crippen LogP contribution in [0.15, 0.2) is 12.1 Å². The highest BCUT2D eigenvalue weighted by Gasteiger charge is 2.12. The van der Waals surface area contributed by atoms with Crippen molar-refractivity contribution in [3.63, 3.8) is 0 Å². The molecule has 106 valence electrons. The fraction of sp³-hybridized carbons (Fsp3) is 0.417. The first-order valence-corrected chi connectivity index (χ1v) is 5.61. The molecule has 1 amide bonds. The number of phenolic OH excluding ortho intramolecular Hbond substituents is 1. The number of methoxy groups -OCH3 is 2. The van der Waals surface area contributed by atoms with Crippen molar-refractivity contribution in [2.24, 2.45) is 5.73 Å². The van der Waals surface area contributed by atoms with E-state index in [1.807, 2.05) is 0 Å². The molecule has 0 aliphatic rings. The Labute approximate surface area is 110 Å². The standard InChI is InChI=1S/C12H18N2O5/c1-18-9-3-7(4-10(19-2)11(9)16)5-14-6-8(15)12(13)17/h3-4,8,14-16H,5-6H2,1-2H3,(H2,13,17). The lowest BCUT2D eigenvalue weighted by Gasteiger charge is -2.12. The van der Waals surface area contributed by atoms with Gasteiger partial charge in [0.25, 0.3) is 0 Å². The van der Waals surface area contributed by atoms with E-state index in [9.17, 15) is 15.0 Å². The van der Waals surface area contributed by atoms with Crippen molar-refractivity contribution in [3.05, 3.63) is 17.7 Å². The van der Waals surface area contributed by atoms with E-state index in [2.05, 4.69) is 5.32 Å². The Hall–Kier alpha value is -1.99. The number of carbonyl (C=O) groups is 1. The van der Waals surface area contributed by atoms with E-state index >= 15 is 0 Å². The van der Waals surface area contributed by atoms with Crippen LogP contribution < -0.4 is 20.5 Å². The highest BCUT2D eigenvalue weighted by atomic mass is 16.5. The Kier molecular flexibility index (Phi) is 5.40. The largest absolute Gasteiger partial charge is 0.502 e. The number of hydrogen-bond acceptors (Lipinski definition) is 6. The molecule has 0 spiro atoms. The lowest BCUT2D eigenvalue weighted by molar-refractivity contribution is -0.125. The molecule has 5 N–H and O–H groups in total. The fourth-order valence-corrected chi connectivity index (χ4v) is 1.50. The Morgan fingerprint density at radius 1 is 1.37 bits per heavy atom. The van der Waals surface area contributed by atoms with E-state index in [-0.39, 0.29) is 23.8 Å². The average molecular weight is 270 g/mol. The summed E-state index contributed by atoms with van der Waals surface area (Å²) in [5, 5.41) is 21.8. The van der Waals surface area contributed by atoms with E-state index in [1.54, 1.807) is 12.1 Å². The van der Waals surface area contributed by atoms with Crippen LogP contribution in [0.5, 0.6) is 17.2 Å². The second kappa shape index (κ2) is 6.81. The number of benzene rings is 1. The zero-order valence-corrected chi connectivity index (χ0v) is 10.8. The zero-order valence-electron chi connectivity index (χ0n) is 10.8. The van der Waals surface area contributed by atoms with Crippen molar-refractivity contribution in [2.45, 2.75) is 12.6 Å². The first-order valence-electron chi connectivity index (χ1n) is 5.61. The summed E-state index contributed by atoms with van der Waals surface area (Å²) >= 11 is 0. The number of amides is 1. The van der Waals surface area contributed by atoms with Crippen LogP contribution in [0.4, 0.5) is 0 Å². The molecule has 1 rings (SSSR count). The second-order valence-corrected chi connectivity index (χ2v) is 3.90. The van der Waals surface area contributed by atoms with Crippen LogP contribution in [0.25, 0.3) is 0 Å². The van der Waals surface area contributed by atoms with Gasteiger partial charge >= 0.3 is 0 Å². The molecule has 0 heterocycles. The molecule has 0 fully saturated rings. The van der Waals surface area contributed by atoms with Gasteiger partial charge in [-0.05, 0) is 17.7 Å². The summed E-state index contributed by atoms with van der Waals surface area (Å²) in [6.45, 7) is 0.401. The van der Waals surface area contributed by atoms with Gasteiger partial charge in [0.15, 0.2) is 11.5 Å². The summed E-state index contributed by atoms with van der Waals surface area (Å²) < 4.78 is 10.0. The van der Waals surface area contributed by atoms with Gasteiger partial charge in [0.2, 0.25) is 11.7 Å². The quantitative estimate of drug-likeness (QED) is 0.523. The first kappa shape index (κ1) is 15.1.